The van der Waals surface area contributed by atoms with E-state index < -0.39 is 79.1 Å². The molecule has 1 amide bonds. The molecule has 0 aliphatic carbocycles. The number of alkyl halides is 3. The van der Waals surface area contributed by atoms with E-state index in [1.54, 1.807) is 6.08 Å². The molecule has 17 heteroatoms. The molecule has 14 nitrogen and oxygen atoms in total. The maximum absolute atomic E-state index is 14.9. The fraction of sp³-hybridized carbons (Fsp3) is 0.494. The topological polar surface area (TPSA) is 157 Å². The highest BCUT2D eigenvalue weighted by molar-refractivity contribution is 5.77. The highest BCUT2D eigenvalue weighted by atomic mass is 19.4. The zero-order chi connectivity index (χ0) is 65.8. The third kappa shape index (κ3) is 25.8. The molecule has 0 radical (unpaired) electrons. The molecule has 0 bridgehead atoms. The fourth-order valence-electron chi connectivity index (χ4n) is 11.8. The van der Waals surface area contributed by atoms with Crippen LogP contribution in [-0.2, 0) is 103 Å². The smallest absolute Gasteiger partial charge is 0.373 e. The molecule has 2 heterocycles. The minimum atomic E-state index is -4.48. The molecule has 6 aromatic rings. The van der Waals surface area contributed by atoms with Gasteiger partial charge in [-0.05, 0) is 51.9 Å². The molecule has 8 rings (SSSR count). The van der Waals surface area contributed by atoms with Crippen molar-refractivity contribution >= 4 is 5.91 Å². The molecule has 2 aliphatic heterocycles. The quantitative estimate of drug-likeness (QED) is 0.0212. The van der Waals surface area contributed by atoms with Gasteiger partial charge >= 0.3 is 6.18 Å². The molecule has 6 aromatic carbocycles. The van der Waals surface area contributed by atoms with Gasteiger partial charge in [-0.15, -0.1) is 6.58 Å². The van der Waals surface area contributed by atoms with Crippen molar-refractivity contribution in [3.05, 3.63) is 228 Å². The Morgan fingerprint density at radius 2 is 0.926 bits per heavy atom. The molecule has 3 N–H and O–H groups in total. The van der Waals surface area contributed by atoms with Crippen LogP contribution in [0.4, 0.5) is 13.2 Å². The van der Waals surface area contributed by atoms with Gasteiger partial charge < -0.3 is 63.2 Å². The van der Waals surface area contributed by atoms with Crippen molar-refractivity contribution in [1.29, 1.82) is 0 Å². The molecule has 2 aliphatic rings. The Balaban J connectivity index is 1.03. The predicted octanol–water partition coefficient (Wildman–Crippen LogP) is 15.5. The largest absolute Gasteiger partial charge is 0.416 e. The lowest BCUT2D eigenvalue weighted by molar-refractivity contribution is -0.317. The molecular weight excluding hydrogens is 1200 g/mol. The number of amides is 1. The number of carbonyl (C=O) groups is 1. The summed E-state index contributed by atoms with van der Waals surface area (Å²) in [6, 6.07) is 51.9. The third-order valence-electron chi connectivity index (χ3n) is 17.0. The zero-order valence-corrected chi connectivity index (χ0v) is 54.7. The Labute approximate surface area is 555 Å². The Hall–Kier alpha value is -6.16. The highest BCUT2D eigenvalue weighted by Crippen LogP contribution is 2.34. The molecule has 510 valence electrons. The first-order chi connectivity index (χ1) is 46.0. The standard InChI is InChI=1S/C77H99F3N2O12/c1-3-5-6-7-8-9-10-11-12-13-14-15-31-42-65(87-50-63-43-45-64(46-44-63)77(78,79)80)48-68(83)82-70-74(91-54-62-40-29-20-30-41-62)72(89-52-60-36-25-18-26-37-60)67(94-76(70)86-47-4-2)56-92-75-69(81)73(90-53-61-38-27-19-28-39-61)71(88-51-59-34-23-17-24-35-59)66(93-75)55-85-57-84-49-58-32-21-16-22-33-58/h4,16-30,32-41,43-46,65-67,69-76H,2-3,5-15,31,42,47-57,81H2,1H3,(H,82,83)/t65-,66-,67-,69-,70-,71-,72-,73-,74-,75-,76+/m1/s1. The normalized spacial score (nSPS) is 21.8. The van der Waals surface area contributed by atoms with Crippen LogP contribution in [0.2, 0.25) is 0 Å². The Morgan fingerprint density at radius 1 is 0.500 bits per heavy atom. The molecule has 2 fully saturated rings. The number of benzene rings is 6. The summed E-state index contributed by atoms with van der Waals surface area (Å²) in [5.74, 6) is -0.372. The minimum absolute atomic E-state index is 0.0125. The average Bonchev–Trinajstić information content (AvgIpc) is 0.798. The van der Waals surface area contributed by atoms with E-state index >= 15 is 0 Å². The van der Waals surface area contributed by atoms with E-state index in [9.17, 15) is 18.0 Å². The number of unbranched alkanes of at least 4 members (excludes halogenated alkanes) is 12. The van der Waals surface area contributed by atoms with Crippen LogP contribution in [-0.4, -0.2) is 99.9 Å². The van der Waals surface area contributed by atoms with Crippen LogP contribution >= 0.6 is 0 Å². The van der Waals surface area contributed by atoms with Crippen LogP contribution in [0.1, 0.15) is 142 Å². The number of hydrogen-bond acceptors (Lipinski definition) is 13. The summed E-state index contributed by atoms with van der Waals surface area (Å²) < 4.78 is 114. The van der Waals surface area contributed by atoms with Crippen LogP contribution in [0.5, 0.6) is 0 Å². The van der Waals surface area contributed by atoms with E-state index in [1.807, 2.05) is 152 Å². The summed E-state index contributed by atoms with van der Waals surface area (Å²) in [5.41, 5.74) is 11.7. The fourth-order valence-corrected chi connectivity index (χ4v) is 11.8. The van der Waals surface area contributed by atoms with Crippen LogP contribution < -0.4 is 11.1 Å². The average molecular weight is 1300 g/mol. The number of hydrogen-bond donors (Lipinski definition) is 2. The van der Waals surface area contributed by atoms with Gasteiger partial charge in [-0.3, -0.25) is 4.79 Å². The number of nitrogens with one attached hydrogen (secondary N) is 1. The lowest BCUT2D eigenvalue weighted by Crippen LogP contribution is -2.67. The highest BCUT2D eigenvalue weighted by Gasteiger charge is 2.51. The summed E-state index contributed by atoms with van der Waals surface area (Å²) in [7, 11) is 0. The second kappa shape index (κ2) is 41.7. The van der Waals surface area contributed by atoms with Gasteiger partial charge in [0.2, 0.25) is 5.91 Å². The lowest BCUT2D eigenvalue weighted by atomic mass is 9.95. The first-order valence-electron chi connectivity index (χ1n) is 33.8. The van der Waals surface area contributed by atoms with E-state index in [0.717, 1.165) is 65.6 Å². The number of rotatable bonds is 44. The maximum atomic E-state index is 14.9. The van der Waals surface area contributed by atoms with Crippen LogP contribution in [0.3, 0.4) is 0 Å². The van der Waals surface area contributed by atoms with Crippen molar-refractivity contribution in [3.8, 4) is 0 Å². The summed E-state index contributed by atoms with van der Waals surface area (Å²) in [5, 5.41) is 3.26. The third-order valence-corrected chi connectivity index (χ3v) is 17.0. The van der Waals surface area contributed by atoms with E-state index in [0.29, 0.717) is 18.6 Å². The van der Waals surface area contributed by atoms with Gasteiger partial charge in [0.25, 0.3) is 0 Å². The first-order valence-corrected chi connectivity index (χ1v) is 33.8. The molecule has 0 aromatic heterocycles. The van der Waals surface area contributed by atoms with Crippen LogP contribution in [0, 0.1) is 0 Å². The molecule has 2 saturated heterocycles. The summed E-state index contributed by atoms with van der Waals surface area (Å²) >= 11 is 0. The first kappa shape index (κ1) is 73.6. The van der Waals surface area contributed by atoms with Crippen molar-refractivity contribution in [1.82, 2.24) is 5.32 Å². The van der Waals surface area contributed by atoms with Crippen molar-refractivity contribution in [3.63, 3.8) is 0 Å². The van der Waals surface area contributed by atoms with Crippen molar-refractivity contribution < 1.29 is 70.1 Å². The van der Waals surface area contributed by atoms with Gasteiger partial charge in [0.1, 0.15) is 49.5 Å². The Bertz CT molecular complexity index is 2960. The number of ether oxygens (including phenoxy) is 11. The maximum Gasteiger partial charge on any atom is 0.416 e. The zero-order valence-electron chi connectivity index (χ0n) is 54.7. The van der Waals surface area contributed by atoms with Crippen LogP contribution in [0.15, 0.2) is 189 Å². The summed E-state index contributed by atoms with van der Waals surface area (Å²) in [4.78, 5) is 14.9. The number of halogens is 3. The predicted molar refractivity (Wildman–Crippen MR) is 356 cm³/mol. The van der Waals surface area contributed by atoms with Gasteiger partial charge in [0.05, 0.1) is 83.6 Å². The van der Waals surface area contributed by atoms with Gasteiger partial charge in [-0.1, -0.05) is 260 Å². The van der Waals surface area contributed by atoms with Gasteiger partial charge in [-0.2, -0.15) is 13.2 Å². The van der Waals surface area contributed by atoms with E-state index in [-0.39, 0.29) is 72.0 Å². The minimum Gasteiger partial charge on any atom is -0.373 e. The van der Waals surface area contributed by atoms with Gasteiger partial charge in [-0.25, -0.2) is 0 Å². The van der Waals surface area contributed by atoms with Crippen molar-refractivity contribution in [2.75, 3.05) is 26.6 Å². The summed E-state index contributed by atoms with van der Waals surface area (Å²) in [6.45, 7) is 7.13. The lowest BCUT2D eigenvalue weighted by Gasteiger charge is -2.48. The van der Waals surface area contributed by atoms with E-state index in [4.69, 9.17) is 57.8 Å². The monoisotopic (exact) mass is 1300 g/mol. The Kier molecular flexibility index (Phi) is 32.7. The van der Waals surface area contributed by atoms with Crippen molar-refractivity contribution in [2.45, 2.75) is 216 Å². The molecule has 0 saturated carbocycles. The van der Waals surface area contributed by atoms with E-state index in [2.05, 4.69) is 18.8 Å². The molecule has 0 unspecified atom stereocenters. The molecule has 0 spiro atoms. The summed E-state index contributed by atoms with van der Waals surface area (Å²) in [6.07, 6.45) is 5.04. The SMILES string of the molecule is C=CCO[C@H]1O[C@H](CO[C@@H]2O[C@H](COCOCc3ccccc3)[C@@H](OCc3ccccc3)[C@H](OCc3ccccc3)[C@H]2N)[C@@H](OCc2ccccc2)[C@H](OCc2ccccc2)[C@H]1NC(=O)C[C@@H](CCCCCCCCCCCCCCC)OCc1ccc(C(F)(F)F)cc1. The second-order valence-electron chi connectivity index (χ2n) is 24.4. The molecule has 94 heavy (non-hydrogen) atoms. The molecular formula is C77H99F3N2O12. The molecule has 11 atom stereocenters. The van der Waals surface area contributed by atoms with E-state index in [1.165, 1.54) is 69.9 Å². The van der Waals surface area contributed by atoms with Gasteiger partial charge in [0, 0.05) is 0 Å². The number of carbonyl (C=O) groups excluding carboxylic acids is 1. The second-order valence-corrected chi connectivity index (χ2v) is 24.4. The number of nitrogens with two attached hydrogens (primary N) is 1. The van der Waals surface area contributed by atoms with Crippen molar-refractivity contribution in [2.24, 2.45) is 5.73 Å². The van der Waals surface area contributed by atoms with Crippen LogP contribution in [0.25, 0.3) is 0 Å². The Morgan fingerprint density at radius 3 is 1.41 bits per heavy atom. The van der Waals surface area contributed by atoms with Gasteiger partial charge in [0.15, 0.2) is 12.6 Å².